The summed E-state index contributed by atoms with van der Waals surface area (Å²) in [6.07, 6.45) is 3.31. The molecule has 0 aliphatic carbocycles. The topological polar surface area (TPSA) is 99.9 Å². The summed E-state index contributed by atoms with van der Waals surface area (Å²) >= 11 is 3.32. The van der Waals surface area contributed by atoms with Crippen LogP contribution in [0.1, 0.15) is 42.6 Å². The first-order valence-electron chi connectivity index (χ1n) is 8.20. The van der Waals surface area contributed by atoms with E-state index in [-0.39, 0.29) is 6.04 Å². The highest BCUT2D eigenvalue weighted by atomic mass is 79.9. The van der Waals surface area contributed by atoms with Crippen LogP contribution in [0.15, 0.2) is 28.9 Å². The average Bonchev–Trinajstić information content (AvgIpc) is 2.67. The molecule has 0 amide bonds. The molecule has 0 bridgehead atoms. The van der Waals surface area contributed by atoms with Crippen molar-refractivity contribution in [1.29, 1.82) is 5.26 Å². The summed E-state index contributed by atoms with van der Waals surface area (Å²) in [6.45, 7) is 4.15. The zero-order chi connectivity index (χ0) is 19.1. The van der Waals surface area contributed by atoms with Gasteiger partial charge in [-0.25, -0.2) is 9.78 Å². The first-order valence-corrected chi connectivity index (χ1v) is 9.00. The maximum atomic E-state index is 11.8. The van der Waals surface area contributed by atoms with Crippen LogP contribution in [-0.2, 0) is 4.74 Å². The van der Waals surface area contributed by atoms with Gasteiger partial charge in [-0.15, -0.1) is 0 Å². The van der Waals surface area contributed by atoms with E-state index in [0.29, 0.717) is 33.1 Å². The Morgan fingerprint density at radius 2 is 2.12 bits per heavy atom. The van der Waals surface area contributed by atoms with Gasteiger partial charge in [-0.2, -0.15) is 10.2 Å². The molecule has 1 heterocycles. The smallest absolute Gasteiger partial charge is 0.339 e. The second-order valence-corrected chi connectivity index (χ2v) is 6.39. The molecule has 0 aliphatic rings. The molecule has 0 aliphatic heterocycles. The van der Waals surface area contributed by atoms with Crippen molar-refractivity contribution in [3.63, 3.8) is 0 Å². The lowest BCUT2D eigenvalue weighted by atomic mass is 10.1. The molecule has 1 aromatic carbocycles. The molecule has 136 valence electrons. The molecule has 26 heavy (non-hydrogen) atoms. The molecule has 1 aromatic heterocycles. The van der Waals surface area contributed by atoms with Crippen molar-refractivity contribution in [1.82, 2.24) is 9.97 Å². The Kier molecular flexibility index (Phi) is 6.92. The van der Waals surface area contributed by atoms with Crippen molar-refractivity contribution in [2.75, 3.05) is 17.7 Å². The molecule has 0 saturated carbocycles. The van der Waals surface area contributed by atoms with Gasteiger partial charge < -0.3 is 15.4 Å². The Morgan fingerprint density at radius 3 is 2.73 bits per heavy atom. The lowest BCUT2D eigenvalue weighted by Crippen LogP contribution is -2.19. The lowest BCUT2D eigenvalue weighted by molar-refractivity contribution is 0.0599. The van der Waals surface area contributed by atoms with Crippen LogP contribution in [0.2, 0.25) is 0 Å². The second-order valence-electron chi connectivity index (χ2n) is 5.54. The van der Waals surface area contributed by atoms with E-state index >= 15 is 0 Å². The number of hydrogen-bond acceptors (Lipinski definition) is 7. The highest BCUT2D eigenvalue weighted by Gasteiger charge is 2.13. The van der Waals surface area contributed by atoms with Crippen molar-refractivity contribution in [2.45, 2.75) is 32.7 Å². The number of nitrogens with zero attached hydrogens (tertiary/aromatic N) is 3. The van der Waals surface area contributed by atoms with Crippen LogP contribution in [0.5, 0.6) is 0 Å². The van der Waals surface area contributed by atoms with E-state index in [4.69, 9.17) is 4.74 Å². The zero-order valence-electron chi connectivity index (χ0n) is 14.8. The minimum absolute atomic E-state index is 0.225. The third-order valence-corrected chi connectivity index (χ3v) is 4.55. The lowest BCUT2D eigenvalue weighted by Gasteiger charge is -2.17. The molecule has 0 spiro atoms. The molecule has 0 unspecified atom stereocenters. The predicted octanol–water partition coefficient (Wildman–Crippen LogP) is 4.24. The van der Waals surface area contributed by atoms with Gasteiger partial charge in [0.05, 0.1) is 18.9 Å². The van der Waals surface area contributed by atoms with Crippen molar-refractivity contribution in [3.8, 4) is 6.07 Å². The summed E-state index contributed by atoms with van der Waals surface area (Å²) in [4.78, 5) is 20.4. The maximum Gasteiger partial charge on any atom is 0.339 e. The van der Waals surface area contributed by atoms with Crippen LogP contribution < -0.4 is 10.6 Å². The first kappa shape index (κ1) is 19.7. The Labute approximate surface area is 160 Å². The van der Waals surface area contributed by atoms with Crippen molar-refractivity contribution in [3.05, 3.63) is 40.0 Å². The normalized spacial score (nSPS) is 10.3. The molecule has 2 N–H and O–H groups in total. The number of nitrogens with one attached hydrogen (secondary N) is 2. The number of halogens is 1. The van der Waals surface area contributed by atoms with Crippen molar-refractivity contribution < 1.29 is 9.53 Å². The van der Waals surface area contributed by atoms with Gasteiger partial charge in [-0.1, -0.05) is 13.8 Å². The Morgan fingerprint density at radius 1 is 1.38 bits per heavy atom. The van der Waals surface area contributed by atoms with Gasteiger partial charge in [0.2, 0.25) is 5.95 Å². The first-order chi connectivity index (χ1) is 12.5. The number of benzene rings is 1. The molecule has 0 radical (unpaired) electrons. The summed E-state index contributed by atoms with van der Waals surface area (Å²) < 4.78 is 5.40. The number of esters is 1. The highest BCUT2D eigenvalue weighted by molar-refractivity contribution is 9.10. The summed E-state index contributed by atoms with van der Waals surface area (Å²) in [7, 11) is 1.33. The molecule has 2 rings (SSSR count). The fourth-order valence-electron chi connectivity index (χ4n) is 2.32. The van der Waals surface area contributed by atoms with Crippen LogP contribution in [0.4, 0.5) is 17.5 Å². The summed E-state index contributed by atoms with van der Waals surface area (Å²) in [5.41, 5.74) is 1.40. The SMILES string of the molecule is CCC(CC)Nc1nc(Nc2ccc(Br)c(C(=O)OC)c2)ncc1C#N. The third kappa shape index (κ3) is 4.70. The summed E-state index contributed by atoms with van der Waals surface area (Å²) in [5, 5.41) is 15.6. The van der Waals surface area contributed by atoms with Crippen LogP contribution in [0, 0.1) is 11.3 Å². The van der Waals surface area contributed by atoms with Crippen molar-refractivity contribution >= 4 is 39.4 Å². The van der Waals surface area contributed by atoms with E-state index in [0.717, 1.165) is 12.8 Å². The van der Waals surface area contributed by atoms with E-state index in [9.17, 15) is 10.1 Å². The summed E-state index contributed by atoms with van der Waals surface area (Å²) in [6, 6.07) is 7.49. The molecule has 7 nitrogen and oxygen atoms in total. The van der Waals surface area contributed by atoms with Crippen LogP contribution in [-0.4, -0.2) is 29.1 Å². The zero-order valence-corrected chi connectivity index (χ0v) is 16.4. The standard InChI is InChI=1S/C18H20BrN5O2/c1-4-12(5-2)22-16-11(9-20)10-21-18(24-16)23-13-6-7-15(19)14(8-13)17(25)26-3/h6-8,10,12H,4-5H2,1-3H3,(H2,21,22,23,24). The number of nitriles is 1. The minimum atomic E-state index is -0.447. The third-order valence-electron chi connectivity index (χ3n) is 3.86. The summed E-state index contributed by atoms with van der Waals surface area (Å²) in [5.74, 6) is 0.372. The van der Waals surface area contributed by atoms with Crippen LogP contribution in [0.3, 0.4) is 0 Å². The van der Waals surface area contributed by atoms with E-state index < -0.39 is 5.97 Å². The van der Waals surface area contributed by atoms with Gasteiger partial charge in [0, 0.05) is 16.2 Å². The largest absolute Gasteiger partial charge is 0.465 e. The van der Waals surface area contributed by atoms with E-state index in [1.807, 2.05) is 0 Å². The minimum Gasteiger partial charge on any atom is -0.465 e. The maximum absolute atomic E-state index is 11.8. The molecular weight excluding hydrogens is 398 g/mol. The number of rotatable bonds is 7. The predicted molar refractivity (Wildman–Crippen MR) is 104 cm³/mol. The molecular formula is C18H20BrN5O2. The highest BCUT2D eigenvalue weighted by Crippen LogP contribution is 2.24. The number of aromatic nitrogens is 2. The Hall–Kier alpha value is -2.66. The van der Waals surface area contributed by atoms with E-state index in [1.165, 1.54) is 13.3 Å². The molecule has 8 heteroatoms. The Balaban J connectivity index is 2.30. The average molecular weight is 418 g/mol. The fourth-order valence-corrected chi connectivity index (χ4v) is 2.73. The molecule has 0 atom stereocenters. The molecule has 2 aromatic rings. The van der Waals surface area contributed by atoms with Gasteiger partial charge in [0.15, 0.2) is 0 Å². The van der Waals surface area contributed by atoms with Gasteiger partial charge in [-0.3, -0.25) is 0 Å². The van der Waals surface area contributed by atoms with E-state index in [2.05, 4.69) is 56.4 Å². The number of carbonyl (C=O) groups excluding carboxylic acids is 1. The number of hydrogen-bond donors (Lipinski definition) is 2. The molecule has 0 fully saturated rings. The number of ether oxygens (including phenoxy) is 1. The quantitative estimate of drug-likeness (QED) is 0.649. The van der Waals surface area contributed by atoms with Gasteiger partial charge in [0.1, 0.15) is 17.5 Å². The van der Waals surface area contributed by atoms with Crippen LogP contribution >= 0.6 is 15.9 Å². The van der Waals surface area contributed by atoms with Gasteiger partial charge in [-0.05, 0) is 47.0 Å². The number of carbonyl (C=O) groups is 1. The van der Waals surface area contributed by atoms with Gasteiger partial charge >= 0.3 is 5.97 Å². The van der Waals surface area contributed by atoms with Gasteiger partial charge in [0.25, 0.3) is 0 Å². The monoisotopic (exact) mass is 417 g/mol. The fraction of sp³-hybridized carbons (Fsp3) is 0.333. The second kappa shape index (κ2) is 9.15. The van der Waals surface area contributed by atoms with E-state index in [1.54, 1.807) is 18.2 Å². The Bertz CT molecular complexity index is 831. The van der Waals surface area contributed by atoms with Crippen molar-refractivity contribution in [2.24, 2.45) is 0 Å². The number of methoxy groups -OCH3 is 1. The number of anilines is 3. The van der Waals surface area contributed by atoms with Crippen LogP contribution in [0.25, 0.3) is 0 Å². The molecule has 0 saturated heterocycles.